The molecular weight excluding hydrogens is 260 g/mol. The van der Waals surface area contributed by atoms with Crippen molar-refractivity contribution in [3.63, 3.8) is 0 Å². The van der Waals surface area contributed by atoms with Gasteiger partial charge in [0.2, 0.25) is 0 Å². The smallest absolute Gasteiger partial charge is 0.131 e. The largest absolute Gasteiger partial charge is 0.312 e. The summed E-state index contributed by atoms with van der Waals surface area (Å²) in [5.74, 6) is -1.32. The van der Waals surface area contributed by atoms with E-state index in [1.165, 1.54) is 25.9 Å². The predicted octanol–water partition coefficient (Wildman–Crippen LogP) is 2.41. The first-order valence-electron chi connectivity index (χ1n) is 7.02. The second-order valence-corrected chi connectivity index (χ2v) is 5.11. The fourth-order valence-corrected chi connectivity index (χ4v) is 2.48. The van der Waals surface area contributed by atoms with Crippen LogP contribution in [0.4, 0.5) is 8.78 Å². The molecule has 1 N–H and O–H groups in total. The van der Waals surface area contributed by atoms with E-state index in [1.807, 2.05) is 0 Å². The lowest BCUT2D eigenvalue weighted by atomic mass is 10.1. The zero-order valence-electron chi connectivity index (χ0n) is 11.5. The summed E-state index contributed by atoms with van der Waals surface area (Å²) in [6, 6.07) is 3.89. The van der Waals surface area contributed by atoms with Crippen molar-refractivity contribution in [1.82, 2.24) is 10.2 Å². The van der Waals surface area contributed by atoms with Crippen molar-refractivity contribution >= 4 is 0 Å². The topological polar surface area (TPSA) is 39.1 Å². The molecule has 0 spiro atoms. The number of nitriles is 1. The number of likely N-dealkylation sites (tertiary alicyclic amines) is 1. The maximum Gasteiger partial charge on any atom is 0.131 e. The maximum atomic E-state index is 13.6. The molecule has 0 radical (unpaired) electrons. The molecule has 108 valence electrons. The zero-order chi connectivity index (χ0) is 14.4. The second kappa shape index (κ2) is 7.32. The third-order valence-corrected chi connectivity index (χ3v) is 3.60. The normalized spacial score (nSPS) is 15.4. The highest BCUT2D eigenvalue weighted by Gasteiger charge is 2.12. The molecule has 1 aliphatic rings. The predicted molar refractivity (Wildman–Crippen MR) is 73.1 cm³/mol. The van der Waals surface area contributed by atoms with Crippen molar-refractivity contribution in [2.75, 3.05) is 26.2 Å². The fourth-order valence-electron chi connectivity index (χ4n) is 2.48. The van der Waals surface area contributed by atoms with E-state index in [2.05, 4.69) is 10.2 Å². The minimum absolute atomic E-state index is 0.00479. The summed E-state index contributed by atoms with van der Waals surface area (Å²) in [6.07, 6.45) is 3.52. The molecule has 3 nitrogen and oxygen atoms in total. The van der Waals surface area contributed by atoms with Gasteiger partial charge in [-0.15, -0.1) is 0 Å². The Bertz CT molecular complexity index is 467. The minimum Gasteiger partial charge on any atom is -0.312 e. The van der Waals surface area contributed by atoms with Crippen LogP contribution in [0.5, 0.6) is 0 Å². The number of hydrogen-bond donors (Lipinski definition) is 1. The third-order valence-electron chi connectivity index (χ3n) is 3.60. The van der Waals surface area contributed by atoms with E-state index >= 15 is 0 Å². The molecule has 0 atom stereocenters. The van der Waals surface area contributed by atoms with Crippen LogP contribution < -0.4 is 5.32 Å². The molecule has 1 aliphatic heterocycles. The summed E-state index contributed by atoms with van der Waals surface area (Å²) in [4.78, 5) is 2.41. The fraction of sp³-hybridized carbons (Fsp3) is 0.533. The molecule has 0 amide bonds. The van der Waals surface area contributed by atoms with Crippen LogP contribution in [-0.2, 0) is 6.54 Å². The van der Waals surface area contributed by atoms with Crippen molar-refractivity contribution in [2.24, 2.45) is 0 Å². The Morgan fingerprint density at radius 3 is 2.45 bits per heavy atom. The van der Waals surface area contributed by atoms with Crippen molar-refractivity contribution in [1.29, 1.82) is 5.26 Å². The first-order chi connectivity index (χ1) is 9.70. The number of benzene rings is 1. The molecule has 0 aromatic heterocycles. The van der Waals surface area contributed by atoms with Crippen molar-refractivity contribution in [2.45, 2.75) is 25.8 Å². The van der Waals surface area contributed by atoms with E-state index < -0.39 is 11.6 Å². The minimum atomic E-state index is -0.659. The van der Waals surface area contributed by atoms with E-state index in [4.69, 9.17) is 5.26 Å². The third kappa shape index (κ3) is 3.99. The van der Waals surface area contributed by atoms with Crippen LogP contribution in [0.2, 0.25) is 0 Å². The number of rotatable bonds is 6. The van der Waals surface area contributed by atoms with Gasteiger partial charge in [-0.25, -0.2) is 8.78 Å². The van der Waals surface area contributed by atoms with Crippen LogP contribution in [-0.4, -0.2) is 31.1 Å². The lowest BCUT2D eigenvalue weighted by molar-refractivity contribution is 0.330. The Hall–Kier alpha value is -1.51. The lowest BCUT2D eigenvalue weighted by Gasteiger charge is -2.14. The molecule has 1 saturated heterocycles. The van der Waals surface area contributed by atoms with Crippen molar-refractivity contribution in [3.8, 4) is 6.07 Å². The Morgan fingerprint density at radius 2 is 1.85 bits per heavy atom. The van der Waals surface area contributed by atoms with Crippen LogP contribution in [0.15, 0.2) is 12.1 Å². The molecule has 0 aliphatic carbocycles. The van der Waals surface area contributed by atoms with Gasteiger partial charge in [-0.05, 0) is 57.6 Å². The van der Waals surface area contributed by atoms with Crippen LogP contribution in [0.1, 0.15) is 30.4 Å². The van der Waals surface area contributed by atoms with Gasteiger partial charge in [0.25, 0.3) is 0 Å². The second-order valence-electron chi connectivity index (χ2n) is 5.11. The molecule has 2 rings (SSSR count). The lowest BCUT2D eigenvalue weighted by Crippen LogP contribution is -2.25. The van der Waals surface area contributed by atoms with Crippen LogP contribution in [0.25, 0.3) is 0 Å². The molecule has 1 aromatic carbocycles. The van der Waals surface area contributed by atoms with E-state index in [-0.39, 0.29) is 17.7 Å². The van der Waals surface area contributed by atoms with Gasteiger partial charge >= 0.3 is 0 Å². The van der Waals surface area contributed by atoms with Gasteiger partial charge in [0, 0.05) is 12.1 Å². The SMILES string of the molecule is N#Cc1cc(F)c(CNCCCN2CCCC2)c(F)c1. The summed E-state index contributed by atoms with van der Waals surface area (Å²) in [6.45, 7) is 4.25. The summed E-state index contributed by atoms with van der Waals surface area (Å²) >= 11 is 0. The Labute approximate surface area is 118 Å². The van der Waals surface area contributed by atoms with Gasteiger partial charge < -0.3 is 10.2 Å². The average Bonchev–Trinajstić information content (AvgIpc) is 2.94. The molecule has 0 bridgehead atoms. The van der Waals surface area contributed by atoms with Gasteiger partial charge in [0.1, 0.15) is 11.6 Å². The molecule has 0 saturated carbocycles. The Kier molecular flexibility index (Phi) is 5.45. The monoisotopic (exact) mass is 279 g/mol. The number of hydrogen-bond acceptors (Lipinski definition) is 3. The zero-order valence-corrected chi connectivity index (χ0v) is 11.5. The summed E-state index contributed by atoms with van der Waals surface area (Å²) < 4.78 is 27.2. The number of halogens is 2. The number of nitrogens with one attached hydrogen (secondary N) is 1. The molecule has 5 heteroatoms. The highest BCUT2D eigenvalue weighted by Crippen LogP contribution is 2.15. The molecule has 1 fully saturated rings. The molecule has 1 heterocycles. The van der Waals surface area contributed by atoms with Gasteiger partial charge in [-0.2, -0.15) is 5.26 Å². The standard InChI is InChI=1S/C15H19F2N3/c16-14-8-12(10-18)9-15(17)13(14)11-19-4-3-7-20-5-1-2-6-20/h8-9,19H,1-7,11H2. The quantitative estimate of drug-likeness (QED) is 0.813. The molecule has 20 heavy (non-hydrogen) atoms. The highest BCUT2D eigenvalue weighted by molar-refractivity contribution is 5.34. The van der Waals surface area contributed by atoms with E-state index in [0.29, 0.717) is 0 Å². The van der Waals surface area contributed by atoms with Crippen LogP contribution in [0, 0.1) is 23.0 Å². The van der Waals surface area contributed by atoms with Gasteiger partial charge in [0.15, 0.2) is 0 Å². The van der Waals surface area contributed by atoms with Crippen molar-refractivity contribution in [3.05, 3.63) is 34.9 Å². The van der Waals surface area contributed by atoms with Gasteiger partial charge in [0.05, 0.1) is 11.6 Å². The van der Waals surface area contributed by atoms with Crippen LogP contribution >= 0.6 is 0 Å². The Morgan fingerprint density at radius 1 is 1.20 bits per heavy atom. The van der Waals surface area contributed by atoms with Gasteiger partial charge in [-0.3, -0.25) is 0 Å². The highest BCUT2D eigenvalue weighted by atomic mass is 19.1. The van der Waals surface area contributed by atoms with E-state index in [1.54, 1.807) is 6.07 Å². The number of nitrogens with zero attached hydrogens (tertiary/aromatic N) is 2. The summed E-state index contributed by atoms with van der Waals surface area (Å²) in [5.41, 5.74) is 0.0166. The van der Waals surface area contributed by atoms with Crippen molar-refractivity contribution < 1.29 is 8.78 Å². The van der Waals surface area contributed by atoms with Crippen LogP contribution in [0.3, 0.4) is 0 Å². The molecular formula is C15H19F2N3. The van der Waals surface area contributed by atoms with E-state index in [9.17, 15) is 8.78 Å². The summed E-state index contributed by atoms with van der Waals surface area (Å²) in [7, 11) is 0. The molecule has 1 aromatic rings. The Balaban J connectivity index is 1.75. The molecule has 0 unspecified atom stereocenters. The average molecular weight is 279 g/mol. The first kappa shape index (κ1) is 14.9. The first-order valence-corrected chi connectivity index (χ1v) is 7.02. The van der Waals surface area contributed by atoms with E-state index in [0.717, 1.165) is 31.6 Å². The summed E-state index contributed by atoms with van der Waals surface area (Å²) in [5, 5.41) is 11.7. The maximum absolute atomic E-state index is 13.6. The van der Waals surface area contributed by atoms with Gasteiger partial charge in [-0.1, -0.05) is 0 Å².